The van der Waals surface area contributed by atoms with E-state index in [4.69, 9.17) is 0 Å². The maximum Gasteiger partial charge on any atom is 0.322 e. The number of hydrogen-bond donors (Lipinski definition) is 1. The number of nitrogens with zero attached hydrogens (tertiary/aromatic N) is 3. The van der Waals surface area contributed by atoms with Gasteiger partial charge in [-0.2, -0.15) is 0 Å². The fourth-order valence-electron chi connectivity index (χ4n) is 4.64. The normalized spacial score (nSPS) is 22.1. The molecule has 30 heavy (non-hydrogen) atoms. The van der Waals surface area contributed by atoms with Crippen molar-refractivity contribution in [1.29, 1.82) is 0 Å². The minimum absolute atomic E-state index is 0.0136. The van der Waals surface area contributed by atoms with Crippen LogP contribution >= 0.6 is 0 Å². The average Bonchev–Trinajstić information content (AvgIpc) is 3.33. The number of likely N-dealkylation sites (tertiary alicyclic amines) is 1. The first kappa shape index (κ1) is 18.7. The van der Waals surface area contributed by atoms with Gasteiger partial charge in [-0.05, 0) is 48.7 Å². The molecule has 3 amide bonds. The lowest BCUT2D eigenvalue weighted by Gasteiger charge is -2.32. The lowest BCUT2D eigenvalue weighted by atomic mass is 9.95. The number of carbonyl (C=O) groups excluding carboxylic acids is 2. The molecule has 2 aliphatic heterocycles. The fraction of sp³-hybridized carbons (Fsp3) is 0.318. The Morgan fingerprint density at radius 3 is 2.87 bits per heavy atom. The smallest absolute Gasteiger partial charge is 0.322 e. The van der Waals surface area contributed by atoms with E-state index < -0.39 is 17.7 Å². The van der Waals surface area contributed by atoms with Gasteiger partial charge in [0.1, 0.15) is 6.54 Å². The van der Waals surface area contributed by atoms with Crippen LogP contribution in [-0.4, -0.2) is 45.9 Å². The van der Waals surface area contributed by atoms with Gasteiger partial charge in [-0.3, -0.25) is 9.78 Å². The van der Waals surface area contributed by atoms with Gasteiger partial charge >= 0.3 is 6.03 Å². The van der Waals surface area contributed by atoms with Crippen molar-refractivity contribution >= 4 is 23.2 Å². The number of nitrogens with one attached hydrogen (secondary N) is 1. The SMILES string of the molecule is Cc1cc(C2=C[C@@H]3C[C@H]2CN3C(=O)CN2Cc3c(ccc(F)c3F)NC2=O)ccn1. The Morgan fingerprint density at radius 2 is 2.13 bits per heavy atom. The van der Waals surface area contributed by atoms with Gasteiger partial charge in [0.2, 0.25) is 5.91 Å². The van der Waals surface area contributed by atoms with E-state index in [1.807, 2.05) is 19.1 Å². The Labute approximate surface area is 172 Å². The van der Waals surface area contributed by atoms with Crippen LogP contribution in [-0.2, 0) is 11.3 Å². The number of anilines is 1. The molecular formula is C22H20F2N4O2. The summed E-state index contributed by atoms with van der Waals surface area (Å²) in [5, 5.41) is 2.53. The van der Waals surface area contributed by atoms with Gasteiger partial charge in [0.05, 0.1) is 18.3 Å². The molecule has 0 spiro atoms. The van der Waals surface area contributed by atoms with Crippen LogP contribution in [0.15, 0.2) is 36.5 Å². The number of rotatable bonds is 3. The minimum atomic E-state index is -0.995. The Bertz CT molecular complexity index is 1100. The van der Waals surface area contributed by atoms with Crippen molar-refractivity contribution in [1.82, 2.24) is 14.8 Å². The van der Waals surface area contributed by atoms with E-state index in [-0.39, 0.29) is 42.2 Å². The number of amides is 3. The van der Waals surface area contributed by atoms with Crippen LogP contribution in [0.5, 0.6) is 0 Å². The molecule has 0 radical (unpaired) electrons. The van der Waals surface area contributed by atoms with Crippen molar-refractivity contribution in [2.45, 2.75) is 25.9 Å². The van der Waals surface area contributed by atoms with Crippen LogP contribution in [0.2, 0.25) is 0 Å². The average molecular weight is 410 g/mol. The molecule has 2 atom stereocenters. The maximum atomic E-state index is 14.1. The molecule has 0 saturated carbocycles. The summed E-state index contributed by atoms with van der Waals surface area (Å²) in [6.45, 7) is 2.22. The molecule has 2 bridgehead atoms. The van der Waals surface area contributed by atoms with Crippen molar-refractivity contribution < 1.29 is 18.4 Å². The van der Waals surface area contributed by atoms with E-state index in [1.54, 1.807) is 11.1 Å². The Hall–Kier alpha value is -3.29. The Balaban J connectivity index is 1.30. The molecule has 5 rings (SSSR count). The Kier molecular flexibility index (Phi) is 4.30. The second-order valence-corrected chi connectivity index (χ2v) is 8.03. The van der Waals surface area contributed by atoms with Gasteiger partial charge in [0.25, 0.3) is 0 Å². The first-order chi connectivity index (χ1) is 14.4. The molecule has 1 aromatic carbocycles. The highest BCUT2D eigenvalue weighted by molar-refractivity contribution is 5.95. The standard InChI is InChI=1S/C22H20F2N4O2/c1-12-6-13(4-5-25-12)16-8-15-7-14(16)9-28(15)20(29)11-27-10-17-19(26-22(27)30)3-2-18(23)21(17)24/h2-6,8,14-15H,7,9-11H2,1H3,(H,26,30)/t14-,15-/m0/s1. The van der Waals surface area contributed by atoms with Gasteiger partial charge < -0.3 is 15.1 Å². The zero-order valence-corrected chi connectivity index (χ0v) is 16.4. The molecule has 3 heterocycles. The third kappa shape index (κ3) is 3.03. The number of urea groups is 1. The predicted octanol–water partition coefficient (Wildman–Crippen LogP) is 3.33. The van der Waals surface area contributed by atoms with E-state index in [2.05, 4.69) is 16.4 Å². The molecule has 154 valence electrons. The van der Waals surface area contributed by atoms with Gasteiger partial charge in [-0.15, -0.1) is 0 Å². The summed E-state index contributed by atoms with van der Waals surface area (Å²) >= 11 is 0. The van der Waals surface area contributed by atoms with Crippen molar-refractivity contribution in [3.05, 3.63) is 65.0 Å². The summed E-state index contributed by atoms with van der Waals surface area (Å²) in [7, 11) is 0. The van der Waals surface area contributed by atoms with Gasteiger partial charge in [-0.1, -0.05) is 6.08 Å². The van der Waals surface area contributed by atoms with Crippen molar-refractivity contribution in [3.8, 4) is 0 Å². The Morgan fingerprint density at radius 1 is 1.30 bits per heavy atom. The third-order valence-electron chi connectivity index (χ3n) is 6.11. The van der Waals surface area contributed by atoms with Crippen LogP contribution < -0.4 is 5.32 Å². The molecule has 3 aliphatic rings. The molecular weight excluding hydrogens is 390 g/mol. The predicted molar refractivity (Wildman–Crippen MR) is 106 cm³/mol. The molecule has 1 fully saturated rings. The van der Waals surface area contributed by atoms with Gasteiger partial charge in [0.15, 0.2) is 11.6 Å². The third-order valence-corrected chi connectivity index (χ3v) is 6.11. The van der Waals surface area contributed by atoms with E-state index >= 15 is 0 Å². The summed E-state index contributed by atoms with van der Waals surface area (Å²) in [5.41, 5.74) is 3.61. The van der Waals surface area contributed by atoms with Crippen LogP contribution in [0, 0.1) is 24.5 Å². The summed E-state index contributed by atoms with van der Waals surface area (Å²) in [5.74, 6) is -1.91. The zero-order valence-electron chi connectivity index (χ0n) is 16.4. The van der Waals surface area contributed by atoms with Gasteiger partial charge in [-0.25, -0.2) is 13.6 Å². The molecule has 0 unspecified atom stereocenters. The molecule has 1 aromatic heterocycles. The number of aryl methyl sites for hydroxylation is 1. The lowest BCUT2D eigenvalue weighted by Crippen LogP contribution is -2.47. The highest BCUT2D eigenvalue weighted by Crippen LogP contribution is 2.42. The number of pyridine rings is 1. The quantitative estimate of drug-likeness (QED) is 0.844. The number of halogens is 2. The molecule has 1 aliphatic carbocycles. The molecule has 8 heteroatoms. The summed E-state index contributed by atoms with van der Waals surface area (Å²) in [6.07, 6.45) is 4.76. The van der Waals surface area contributed by atoms with E-state index in [0.29, 0.717) is 6.54 Å². The van der Waals surface area contributed by atoms with Crippen LogP contribution in [0.1, 0.15) is 23.2 Å². The number of fused-ring (bicyclic) bond motifs is 3. The second-order valence-electron chi connectivity index (χ2n) is 8.03. The molecule has 6 nitrogen and oxygen atoms in total. The number of benzene rings is 1. The number of aromatic nitrogens is 1. The zero-order chi connectivity index (χ0) is 21.0. The van der Waals surface area contributed by atoms with Crippen LogP contribution in [0.4, 0.5) is 19.3 Å². The van der Waals surface area contributed by atoms with Crippen molar-refractivity contribution in [2.75, 3.05) is 18.4 Å². The maximum absolute atomic E-state index is 14.1. The number of hydrogen-bond acceptors (Lipinski definition) is 3. The molecule has 1 saturated heterocycles. The van der Waals surface area contributed by atoms with Crippen molar-refractivity contribution in [2.24, 2.45) is 5.92 Å². The summed E-state index contributed by atoms with van der Waals surface area (Å²) in [6, 6.07) is 5.83. The number of carbonyl (C=O) groups is 2. The van der Waals surface area contributed by atoms with E-state index in [1.165, 1.54) is 16.5 Å². The summed E-state index contributed by atoms with van der Waals surface area (Å²) < 4.78 is 27.7. The largest absolute Gasteiger partial charge is 0.334 e. The minimum Gasteiger partial charge on any atom is -0.334 e. The van der Waals surface area contributed by atoms with E-state index in [0.717, 1.165) is 23.7 Å². The lowest BCUT2D eigenvalue weighted by molar-refractivity contribution is -0.132. The summed E-state index contributed by atoms with van der Waals surface area (Å²) in [4.78, 5) is 32.5. The fourth-order valence-corrected chi connectivity index (χ4v) is 4.64. The second kappa shape index (κ2) is 6.90. The van der Waals surface area contributed by atoms with Crippen LogP contribution in [0.25, 0.3) is 5.57 Å². The monoisotopic (exact) mass is 410 g/mol. The molecule has 2 aromatic rings. The van der Waals surface area contributed by atoms with Crippen molar-refractivity contribution in [3.63, 3.8) is 0 Å². The topological polar surface area (TPSA) is 65.5 Å². The van der Waals surface area contributed by atoms with Crippen LogP contribution in [0.3, 0.4) is 0 Å². The first-order valence-electron chi connectivity index (χ1n) is 9.87. The molecule has 1 N–H and O–H groups in total. The van der Waals surface area contributed by atoms with E-state index in [9.17, 15) is 18.4 Å². The highest BCUT2D eigenvalue weighted by Gasteiger charge is 2.42. The van der Waals surface area contributed by atoms with Gasteiger partial charge in [0, 0.05) is 29.9 Å². The first-order valence-corrected chi connectivity index (χ1v) is 9.87. The highest BCUT2D eigenvalue weighted by atomic mass is 19.2.